The standard InChI is InChI=1S/C10H16N2O2S/c1-6(2)7-5-15-9(11-7)12-8(13)10(3,4)14/h5-6,14H,1-4H3,(H,11,12,13). The second-order valence-electron chi connectivity index (χ2n) is 4.25. The van der Waals surface area contributed by atoms with E-state index in [-0.39, 0.29) is 0 Å². The minimum Gasteiger partial charge on any atom is -0.381 e. The third-order valence-electron chi connectivity index (χ3n) is 1.89. The van der Waals surface area contributed by atoms with E-state index in [1.807, 2.05) is 19.2 Å². The van der Waals surface area contributed by atoms with Gasteiger partial charge in [-0.15, -0.1) is 11.3 Å². The zero-order valence-electron chi connectivity index (χ0n) is 9.37. The van der Waals surface area contributed by atoms with Crippen molar-refractivity contribution in [1.29, 1.82) is 0 Å². The Labute approximate surface area is 93.4 Å². The largest absolute Gasteiger partial charge is 0.381 e. The Balaban J connectivity index is 2.70. The summed E-state index contributed by atoms with van der Waals surface area (Å²) in [4.78, 5) is 15.7. The van der Waals surface area contributed by atoms with Gasteiger partial charge in [-0.3, -0.25) is 10.1 Å². The minimum absolute atomic E-state index is 0.342. The lowest BCUT2D eigenvalue weighted by Gasteiger charge is -2.14. The Morgan fingerprint density at radius 1 is 1.60 bits per heavy atom. The molecule has 1 heterocycles. The summed E-state index contributed by atoms with van der Waals surface area (Å²) in [5.74, 6) is -0.0961. The number of thiazole rings is 1. The monoisotopic (exact) mass is 228 g/mol. The van der Waals surface area contributed by atoms with Crippen molar-refractivity contribution < 1.29 is 9.90 Å². The number of carbonyl (C=O) groups is 1. The van der Waals surface area contributed by atoms with Crippen LogP contribution in [0.5, 0.6) is 0 Å². The molecule has 15 heavy (non-hydrogen) atoms. The van der Waals surface area contributed by atoms with E-state index >= 15 is 0 Å². The average Bonchev–Trinajstić information content (AvgIpc) is 2.50. The molecule has 0 bridgehead atoms. The molecule has 1 rings (SSSR count). The van der Waals surface area contributed by atoms with Gasteiger partial charge in [0.05, 0.1) is 5.69 Å². The van der Waals surface area contributed by atoms with E-state index < -0.39 is 11.5 Å². The quantitative estimate of drug-likeness (QED) is 0.831. The number of aliphatic hydroxyl groups is 1. The van der Waals surface area contributed by atoms with E-state index in [0.29, 0.717) is 11.0 Å². The van der Waals surface area contributed by atoms with Gasteiger partial charge in [0.25, 0.3) is 5.91 Å². The molecule has 0 aliphatic rings. The van der Waals surface area contributed by atoms with Gasteiger partial charge < -0.3 is 5.11 Å². The number of hydrogen-bond acceptors (Lipinski definition) is 4. The Hall–Kier alpha value is -0.940. The number of nitrogens with one attached hydrogen (secondary N) is 1. The number of aromatic nitrogens is 1. The SMILES string of the molecule is CC(C)c1csc(NC(=O)C(C)(C)O)n1. The minimum atomic E-state index is -1.37. The maximum atomic E-state index is 11.4. The van der Waals surface area contributed by atoms with Crippen molar-refractivity contribution in [2.24, 2.45) is 0 Å². The van der Waals surface area contributed by atoms with E-state index in [9.17, 15) is 9.90 Å². The second-order valence-corrected chi connectivity index (χ2v) is 5.10. The molecule has 1 aromatic rings. The predicted molar refractivity (Wildman–Crippen MR) is 61.1 cm³/mol. The van der Waals surface area contributed by atoms with Crippen LogP contribution in [-0.2, 0) is 4.79 Å². The van der Waals surface area contributed by atoms with Crippen molar-refractivity contribution in [2.75, 3.05) is 5.32 Å². The van der Waals surface area contributed by atoms with Gasteiger partial charge in [-0.1, -0.05) is 13.8 Å². The summed E-state index contributed by atoms with van der Waals surface area (Å²) in [5.41, 5.74) is -0.421. The van der Waals surface area contributed by atoms with Crippen molar-refractivity contribution in [2.45, 2.75) is 39.2 Å². The summed E-state index contributed by atoms with van der Waals surface area (Å²) < 4.78 is 0. The van der Waals surface area contributed by atoms with Crippen LogP contribution < -0.4 is 5.32 Å². The first-order valence-corrected chi connectivity index (χ1v) is 5.68. The predicted octanol–water partition coefficient (Wildman–Crippen LogP) is 1.98. The fourth-order valence-electron chi connectivity index (χ4n) is 0.859. The molecule has 0 aromatic carbocycles. The summed E-state index contributed by atoms with van der Waals surface area (Å²) >= 11 is 1.37. The van der Waals surface area contributed by atoms with Gasteiger partial charge in [0.1, 0.15) is 5.60 Å². The number of nitrogens with zero attached hydrogens (tertiary/aromatic N) is 1. The molecule has 5 heteroatoms. The fraction of sp³-hybridized carbons (Fsp3) is 0.600. The number of carbonyl (C=O) groups excluding carboxylic acids is 1. The maximum absolute atomic E-state index is 11.4. The molecule has 0 aliphatic carbocycles. The second kappa shape index (κ2) is 4.28. The van der Waals surface area contributed by atoms with Crippen molar-refractivity contribution in [3.05, 3.63) is 11.1 Å². The van der Waals surface area contributed by atoms with Crippen LogP contribution in [0.15, 0.2) is 5.38 Å². The molecular formula is C10H16N2O2S. The first-order valence-electron chi connectivity index (χ1n) is 4.80. The normalized spacial score (nSPS) is 11.9. The molecule has 1 amide bonds. The number of amides is 1. The number of hydrogen-bond donors (Lipinski definition) is 2. The van der Waals surface area contributed by atoms with Crippen molar-refractivity contribution in [3.63, 3.8) is 0 Å². The van der Waals surface area contributed by atoms with E-state index in [0.717, 1.165) is 5.69 Å². The van der Waals surface area contributed by atoms with Crippen LogP contribution in [0.2, 0.25) is 0 Å². The zero-order chi connectivity index (χ0) is 11.6. The first-order chi connectivity index (χ1) is 6.80. The first kappa shape index (κ1) is 12.1. The summed E-state index contributed by atoms with van der Waals surface area (Å²) in [6.45, 7) is 6.96. The maximum Gasteiger partial charge on any atom is 0.257 e. The molecule has 0 fully saturated rings. The Morgan fingerprint density at radius 2 is 2.20 bits per heavy atom. The fourth-order valence-corrected chi connectivity index (χ4v) is 1.73. The summed E-state index contributed by atoms with van der Waals surface area (Å²) in [6.07, 6.45) is 0. The van der Waals surface area contributed by atoms with Gasteiger partial charge >= 0.3 is 0 Å². The summed E-state index contributed by atoms with van der Waals surface area (Å²) in [5, 5.41) is 14.4. The third kappa shape index (κ3) is 3.28. The lowest BCUT2D eigenvalue weighted by atomic mass is 10.1. The molecule has 0 atom stereocenters. The van der Waals surface area contributed by atoms with E-state index in [2.05, 4.69) is 10.3 Å². The number of rotatable bonds is 3. The van der Waals surface area contributed by atoms with Gasteiger partial charge in [-0.25, -0.2) is 4.98 Å². The Bertz CT molecular complexity index is 353. The van der Waals surface area contributed by atoms with Crippen LogP contribution in [0.4, 0.5) is 5.13 Å². The van der Waals surface area contributed by atoms with Crippen LogP contribution >= 0.6 is 11.3 Å². The van der Waals surface area contributed by atoms with Crippen LogP contribution in [-0.4, -0.2) is 21.6 Å². The average molecular weight is 228 g/mol. The molecule has 0 unspecified atom stereocenters. The zero-order valence-corrected chi connectivity index (χ0v) is 10.2. The van der Waals surface area contributed by atoms with E-state index in [1.165, 1.54) is 25.2 Å². The molecule has 0 spiro atoms. The molecular weight excluding hydrogens is 212 g/mol. The van der Waals surface area contributed by atoms with Crippen LogP contribution in [0, 0.1) is 0 Å². The van der Waals surface area contributed by atoms with Crippen molar-refractivity contribution >= 4 is 22.4 Å². The highest BCUT2D eigenvalue weighted by Gasteiger charge is 2.24. The smallest absolute Gasteiger partial charge is 0.257 e. The van der Waals surface area contributed by atoms with Crippen LogP contribution in [0.25, 0.3) is 0 Å². The van der Waals surface area contributed by atoms with Crippen LogP contribution in [0.3, 0.4) is 0 Å². The van der Waals surface area contributed by atoms with Gasteiger partial charge in [0.2, 0.25) is 0 Å². The molecule has 4 nitrogen and oxygen atoms in total. The molecule has 1 aromatic heterocycles. The van der Waals surface area contributed by atoms with Gasteiger partial charge in [-0.2, -0.15) is 0 Å². The molecule has 0 saturated heterocycles. The van der Waals surface area contributed by atoms with Crippen molar-refractivity contribution in [3.8, 4) is 0 Å². The molecule has 84 valence electrons. The van der Waals surface area contributed by atoms with Gasteiger partial charge in [-0.05, 0) is 19.8 Å². The Morgan fingerprint density at radius 3 is 2.60 bits per heavy atom. The molecule has 0 radical (unpaired) electrons. The number of anilines is 1. The van der Waals surface area contributed by atoms with Gasteiger partial charge in [0.15, 0.2) is 5.13 Å². The highest BCUT2D eigenvalue weighted by Crippen LogP contribution is 2.22. The van der Waals surface area contributed by atoms with Crippen molar-refractivity contribution in [1.82, 2.24) is 4.98 Å². The summed E-state index contributed by atoms with van der Waals surface area (Å²) in [6, 6.07) is 0. The highest BCUT2D eigenvalue weighted by molar-refractivity contribution is 7.13. The third-order valence-corrected chi connectivity index (χ3v) is 2.67. The topological polar surface area (TPSA) is 62.2 Å². The summed E-state index contributed by atoms with van der Waals surface area (Å²) in [7, 11) is 0. The Kier molecular flexibility index (Phi) is 3.46. The van der Waals surface area contributed by atoms with E-state index in [1.54, 1.807) is 0 Å². The molecule has 0 aliphatic heterocycles. The lowest BCUT2D eigenvalue weighted by molar-refractivity contribution is -0.130. The van der Waals surface area contributed by atoms with Gasteiger partial charge in [0, 0.05) is 5.38 Å². The van der Waals surface area contributed by atoms with Crippen LogP contribution in [0.1, 0.15) is 39.3 Å². The highest BCUT2D eigenvalue weighted by atomic mass is 32.1. The van der Waals surface area contributed by atoms with E-state index in [4.69, 9.17) is 0 Å². The molecule has 0 saturated carbocycles. The lowest BCUT2D eigenvalue weighted by Crippen LogP contribution is -2.36. The molecule has 2 N–H and O–H groups in total.